The van der Waals surface area contributed by atoms with E-state index in [0.717, 1.165) is 4.47 Å². The summed E-state index contributed by atoms with van der Waals surface area (Å²) >= 11 is 4.53. The van der Waals surface area contributed by atoms with Crippen molar-refractivity contribution in [3.05, 3.63) is 69.8 Å². The molecule has 0 aliphatic rings. The van der Waals surface area contributed by atoms with Gasteiger partial charge in [-0.05, 0) is 42.8 Å². The standard InChI is InChI=1S/C21H17BrFNO4S/c1-2-27-21(26)19-17(13-6-8-15(23)9-7-13)12-29-20(19)24-18(25)11-28-16-5-3-4-14(22)10-16/h3-10,12H,2,11H2,1H3,(H,24,25). The molecule has 0 aliphatic heterocycles. The van der Waals surface area contributed by atoms with Gasteiger partial charge in [0.1, 0.15) is 22.1 Å². The summed E-state index contributed by atoms with van der Waals surface area (Å²) in [7, 11) is 0. The molecule has 0 saturated carbocycles. The average molecular weight is 478 g/mol. The molecule has 0 saturated heterocycles. The van der Waals surface area contributed by atoms with Crippen LogP contribution in [0.5, 0.6) is 5.75 Å². The van der Waals surface area contributed by atoms with E-state index in [-0.39, 0.29) is 24.6 Å². The van der Waals surface area contributed by atoms with E-state index < -0.39 is 11.9 Å². The topological polar surface area (TPSA) is 64.6 Å². The van der Waals surface area contributed by atoms with Gasteiger partial charge >= 0.3 is 5.97 Å². The van der Waals surface area contributed by atoms with E-state index in [1.807, 2.05) is 6.07 Å². The van der Waals surface area contributed by atoms with Gasteiger partial charge in [-0.2, -0.15) is 0 Å². The number of benzene rings is 2. The number of rotatable bonds is 7. The molecule has 0 atom stereocenters. The van der Waals surface area contributed by atoms with Crippen LogP contribution in [-0.4, -0.2) is 25.1 Å². The predicted octanol–water partition coefficient (Wildman–Crippen LogP) is 5.51. The van der Waals surface area contributed by atoms with E-state index in [1.54, 1.807) is 42.6 Å². The van der Waals surface area contributed by atoms with Crippen LogP contribution in [-0.2, 0) is 9.53 Å². The zero-order chi connectivity index (χ0) is 20.8. The molecule has 1 heterocycles. The molecule has 29 heavy (non-hydrogen) atoms. The second kappa shape index (κ2) is 9.67. The molecule has 3 aromatic rings. The highest BCUT2D eigenvalue weighted by atomic mass is 79.9. The van der Waals surface area contributed by atoms with Gasteiger partial charge in [0.25, 0.3) is 5.91 Å². The quantitative estimate of drug-likeness (QED) is 0.455. The summed E-state index contributed by atoms with van der Waals surface area (Å²) in [6, 6.07) is 12.9. The molecular weight excluding hydrogens is 461 g/mol. The van der Waals surface area contributed by atoms with Gasteiger partial charge in [-0.15, -0.1) is 11.3 Å². The first kappa shape index (κ1) is 21.0. The normalized spacial score (nSPS) is 10.4. The number of ether oxygens (including phenoxy) is 2. The monoisotopic (exact) mass is 477 g/mol. The first-order chi connectivity index (χ1) is 14.0. The molecule has 1 amide bonds. The Labute approximate surface area is 179 Å². The lowest BCUT2D eigenvalue weighted by atomic mass is 10.0. The van der Waals surface area contributed by atoms with E-state index in [9.17, 15) is 14.0 Å². The number of halogens is 2. The van der Waals surface area contributed by atoms with Crippen LogP contribution in [0.15, 0.2) is 58.4 Å². The second-order valence-electron chi connectivity index (χ2n) is 5.88. The van der Waals surface area contributed by atoms with Crippen molar-refractivity contribution in [1.29, 1.82) is 0 Å². The van der Waals surface area contributed by atoms with Crippen LogP contribution in [0.3, 0.4) is 0 Å². The number of esters is 1. The van der Waals surface area contributed by atoms with Crippen LogP contribution in [0.1, 0.15) is 17.3 Å². The number of thiophene rings is 1. The summed E-state index contributed by atoms with van der Waals surface area (Å²) in [5.41, 5.74) is 1.45. The van der Waals surface area contributed by atoms with Crippen LogP contribution in [0.25, 0.3) is 11.1 Å². The summed E-state index contributed by atoms with van der Waals surface area (Å²) in [4.78, 5) is 24.9. The van der Waals surface area contributed by atoms with Gasteiger partial charge in [-0.1, -0.05) is 34.1 Å². The largest absolute Gasteiger partial charge is 0.484 e. The predicted molar refractivity (Wildman–Crippen MR) is 114 cm³/mol. The van der Waals surface area contributed by atoms with Gasteiger partial charge in [-0.3, -0.25) is 4.79 Å². The molecule has 2 aromatic carbocycles. The third-order valence-electron chi connectivity index (χ3n) is 3.84. The lowest BCUT2D eigenvalue weighted by molar-refractivity contribution is -0.118. The number of carbonyl (C=O) groups excluding carboxylic acids is 2. The number of nitrogens with one attached hydrogen (secondary N) is 1. The van der Waals surface area contributed by atoms with Gasteiger partial charge < -0.3 is 14.8 Å². The lowest BCUT2D eigenvalue weighted by Crippen LogP contribution is -2.21. The molecule has 8 heteroatoms. The molecule has 150 valence electrons. The van der Waals surface area contributed by atoms with Crippen molar-refractivity contribution in [1.82, 2.24) is 0 Å². The molecule has 5 nitrogen and oxygen atoms in total. The summed E-state index contributed by atoms with van der Waals surface area (Å²) < 4.78 is 24.7. The van der Waals surface area contributed by atoms with Crippen LogP contribution < -0.4 is 10.1 Å². The highest BCUT2D eigenvalue weighted by Crippen LogP contribution is 2.36. The summed E-state index contributed by atoms with van der Waals surface area (Å²) in [5.74, 6) is -0.808. The molecule has 3 rings (SSSR count). The molecule has 1 aromatic heterocycles. The van der Waals surface area contributed by atoms with E-state index in [1.165, 1.54) is 23.5 Å². The Bertz CT molecular complexity index is 1020. The Morgan fingerprint density at radius 3 is 2.62 bits per heavy atom. The van der Waals surface area contributed by atoms with Crippen molar-refractivity contribution < 1.29 is 23.5 Å². The first-order valence-corrected chi connectivity index (χ1v) is 10.4. The van der Waals surface area contributed by atoms with Crippen molar-refractivity contribution >= 4 is 44.1 Å². The number of hydrogen-bond donors (Lipinski definition) is 1. The minimum absolute atomic E-state index is 0.191. The Balaban J connectivity index is 1.79. The van der Waals surface area contributed by atoms with Gasteiger partial charge in [0.15, 0.2) is 6.61 Å². The molecule has 0 aliphatic carbocycles. The van der Waals surface area contributed by atoms with E-state index in [4.69, 9.17) is 9.47 Å². The third kappa shape index (κ3) is 5.42. The molecular formula is C21H17BrFNO4S. The summed E-state index contributed by atoms with van der Waals surface area (Å²) in [6.07, 6.45) is 0. The van der Waals surface area contributed by atoms with E-state index in [0.29, 0.717) is 21.9 Å². The minimum atomic E-state index is -0.559. The highest BCUT2D eigenvalue weighted by molar-refractivity contribution is 9.10. The summed E-state index contributed by atoms with van der Waals surface area (Å²) in [6.45, 7) is 1.67. The molecule has 0 spiro atoms. The average Bonchev–Trinajstić information content (AvgIpc) is 3.11. The maximum Gasteiger partial charge on any atom is 0.341 e. The maximum atomic E-state index is 13.2. The Morgan fingerprint density at radius 1 is 1.17 bits per heavy atom. The first-order valence-electron chi connectivity index (χ1n) is 8.70. The fourth-order valence-electron chi connectivity index (χ4n) is 2.57. The molecule has 0 unspecified atom stereocenters. The molecule has 0 fully saturated rings. The van der Waals surface area contributed by atoms with Crippen LogP contribution in [0.4, 0.5) is 9.39 Å². The second-order valence-corrected chi connectivity index (χ2v) is 7.67. The lowest BCUT2D eigenvalue weighted by Gasteiger charge is -2.10. The van der Waals surface area contributed by atoms with Crippen LogP contribution in [0.2, 0.25) is 0 Å². The Morgan fingerprint density at radius 2 is 1.93 bits per heavy atom. The van der Waals surface area contributed by atoms with Crippen molar-refractivity contribution in [2.45, 2.75) is 6.92 Å². The molecule has 0 radical (unpaired) electrons. The zero-order valence-corrected chi connectivity index (χ0v) is 17.8. The zero-order valence-electron chi connectivity index (χ0n) is 15.4. The minimum Gasteiger partial charge on any atom is -0.484 e. The van der Waals surface area contributed by atoms with Crippen molar-refractivity contribution in [2.75, 3.05) is 18.5 Å². The fourth-order valence-corrected chi connectivity index (χ4v) is 3.92. The molecule has 1 N–H and O–H groups in total. The fraction of sp³-hybridized carbons (Fsp3) is 0.143. The highest BCUT2D eigenvalue weighted by Gasteiger charge is 2.23. The van der Waals surface area contributed by atoms with Gasteiger partial charge in [-0.25, -0.2) is 9.18 Å². The maximum absolute atomic E-state index is 13.2. The van der Waals surface area contributed by atoms with Crippen molar-refractivity contribution in [3.63, 3.8) is 0 Å². The summed E-state index contributed by atoms with van der Waals surface area (Å²) in [5, 5.41) is 4.78. The SMILES string of the molecule is CCOC(=O)c1c(-c2ccc(F)cc2)csc1NC(=O)COc1cccc(Br)c1. The Hall–Kier alpha value is -2.71. The van der Waals surface area contributed by atoms with E-state index in [2.05, 4.69) is 21.2 Å². The number of amides is 1. The van der Waals surface area contributed by atoms with Gasteiger partial charge in [0.05, 0.1) is 6.61 Å². The van der Waals surface area contributed by atoms with Crippen LogP contribution in [0, 0.1) is 5.82 Å². The van der Waals surface area contributed by atoms with Gasteiger partial charge in [0, 0.05) is 15.4 Å². The van der Waals surface area contributed by atoms with Crippen molar-refractivity contribution in [2.24, 2.45) is 0 Å². The Kier molecular flexibility index (Phi) is 7.00. The van der Waals surface area contributed by atoms with Crippen molar-refractivity contribution in [3.8, 4) is 16.9 Å². The number of carbonyl (C=O) groups is 2. The molecule has 0 bridgehead atoms. The smallest absolute Gasteiger partial charge is 0.341 e. The number of anilines is 1. The van der Waals surface area contributed by atoms with Crippen LogP contribution >= 0.6 is 27.3 Å². The number of hydrogen-bond acceptors (Lipinski definition) is 5. The van der Waals surface area contributed by atoms with E-state index >= 15 is 0 Å². The third-order valence-corrected chi connectivity index (χ3v) is 5.23. The van der Waals surface area contributed by atoms with Gasteiger partial charge in [0.2, 0.25) is 0 Å².